The lowest BCUT2D eigenvalue weighted by atomic mass is 10.2. The Morgan fingerprint density at radius 3 is 2.07 bits per heavy atom. The van der Waals surface area contributed by atoms with Gasteiger partial charge in [0.15, 0.2) is 0 Å². The van der Waals surface area contributed by atoms with Gasteiger partial charge in [-0.3, -0.25) is 4.18 Å². The first-order valence-electron chi connectivity index (χ1n) is 5.20. The minimum absolute atomic E-state index is 0.319. The van der Waals surface area contributed by atoms with Gasteiger partial charge in [0.2, 0.25) is 0 Å². The highest BCUT2D eigenvalue weighted by Gasteiger charge is 2.29. The van der Waals surface area contributed by atoms with Crippen LogP contribution in [0.15, 0.2) is 0 Å². The monoisotopic (exact) mass is 222 g/mol. The number of unbranched alkanes of at least 4 members (excludes halogenated alkanes) is 3. The van der Waals surface area contributed by atoms with Gasteiger partial charge in [0, 0.05) is 0 Å². The van der Waals surface area contributed by atoms with E-state index in [2.05, 4.69) is 6.92 Å². The maximum absolute atomic E-state index is 11.5. The summed E-state index contributed by atoms with van der Waals surface area (Å²) in [5, 5.41) is 0. The Morgan fingerprint density at radius 1 is 1.07 bits per heavy atom. The zero-order valence-corrected chi connectivity index (χ0v) is 10.5. The molecule has 0 aliphatic rings. The van der Waals surface area contributed by atoms with E-state index in [0.29, 0.717) is 6.61 Å². The van der Waals surface area contributed by atoms with Gasteiger partial charge in [0.1, 0.15) is 0 Å². The Morgan fingerprint density at radius 2 is 1.64 bits per heavy atom. The molecule has 4 heteroatoms. The third-order valence-electron chi connectivity index (χ3n) is 1.99. The van der Waals surface area contributed by atoms with Crippen LogP contribution in [0.5, 0.6) is 0 Å². The van der Waals surface area contributed by atoms with Crippen LogP contribution >= 0.6 is 0 Å². The molecule has 86 valence electrons. The number of rotatable bonds is 6. The Balaban J connectivity index is 3.80. The summed E-state index contributed by atoms with van der Waals surface area (Å²) < 4.78 is 27.0. The van der Waals surface area contributed by atoms with Crippen molar-refractivity contribution in [2.75, 3.05) is 6.61 Å². The molecule has 0 rings (SSSR count). The van der Waals surface area contributed by atoms with E-state index in [1.54, 1.807) is 20.8 Å². The molecular weight excluding hydrogens is 200 g/mol. The van der Waals surface area contributed by atoms with Crippen molar-refractivity contribution < 1.29 is 12.6 Å². The summed E-state index contributed by atoms with van der Waals surface area (Å²) in [5.74, 6) is 0. The van der Waals surface area contributed by atoms with Crippen LogP contribution in [0.1, 0.15) is 53.4 Å². The molecule has 0 aromatic rings. The lowest BCUT2D eigenvalue weighted by molar-refractivity contribution is 0.294. The molecule has 0 aliphatic carbocycles. The summed E-state index contributed by atoms with van der Waals surface area (Å²) in [6.45, 7) is 7.38. The van der Waals surface area contributed by atoms with Crippen molar-refractivity contribution in [3.8, 4) is 0 Å². The van der Waals surface area contributed by atoms with E-state index >= 15 is 0 Å². The number of hydrogen-bond acceptors (Lipinski definition) is 3. The molecule has 0 fully saturated rings. The molecule has 0 amide bonds. The smallest absolute Gasteiger partial charge is 0.270 e. The fraction of sp³-hybridized carbons (Fsp3) is 1.00. The normalized spacial score (nSPS) is 13.1. The maximum Gasteiger partial charge on any atom is 0.272 e. The molecule has 3 nitrogen and oxygen atoms in total. The second-order valence-electron chi connectivity index (χ2n) is 4.45. The molecule has 0 atom stereocenters. The van der Waals surface area contributed by atoms with Gasteiger partial charge >= 0.3 is 0 Å². The van der Waals surface area contributed by atoms with Crippen molar-refractivity contribution in [1.82, 2.24) is 0 Å². The second kappa shape index (κ2) is 5.71. The van der Waals surface area contributed by atoms with E-state index < -0.39 is 14.9 Å². The van der Waals surface area contributed by atoms with Crippen LogP contribution in [-0.2, 0) is 14.3 Å². The van der Waals surface area contributed by atoms with Gasteiger partial charge in [-0.2, -0.15) is 8.42 Å². The Hall–Kier alpha value is -0.0900. The molecule has 0 saturated carbocycles. The lowest BCUT2D eigenvalue weighted by Crippen LogP contribution is -2.30. The third kappa shape index (κ3) is 4.96. The first-order chi connectivity index (χ1) is 6.31. The molecule has 14 heavy (non-hydrogen) atoms. The standard InChI is InChI=1S/C10H22O3S/c1-5-6-7-8-9-13-14(11,12)10(2,3)4/h5-9H2,1-4H3. The van der Waals surface area contributed by atoms with E-state index in [1.807, 2.05) is 0 Å². The molecular formula is C10H22O3S. The molecule has 0 unspecified atom stereocenters. The molecule has 0 aromatic heterocycles. The van der Waals surface area contributed by atoms with E-state index in [-0.39, 0.29) is 0 Å². The van der Waals surface area contributed by atoms with Crippen LogP contribution in [-0.4, -0.2) is 19.8 Å². The minimum atomic E-state index is -3.38. The highest BCUT2D eigenvalue weighted by molar-refractivity contribution is 7.88. The third-order valence-corrected chi connectivity index (χ3v) is 3.96. The fourth-order valence-electron chi connectivity index (χ4n) is 0.874. The summed E-state index contributed by atoms with van der Waals surface area (Å²) in [5.41, 5.74) is 0. The van der Waals surface area contributed by atoms with Gasteiger partial charge in [-0.15, -0.1) is 0 Å². The summed E-state index contributed by atoms with van der Waals surface area (Å²) in [4.78, 5) is 0. The van der Waals surface area contributed by atoms with E-state index in [0.717, 1.165) is 25.7 Å². The van der Waals surface area contributed by atoms with Crippen LogP contribution in [0.3, 0.4) is 0 Å². The zero-order valence-electron chi connectivity index (χ0n) is 9.67. The molecule has 0 spiro atoms. The van der Waals surface area contributed by atoms with Crippen LogP contribution in [0.25, 0.3) is 0 Å². The SMILES string of the molecule is CCCCCCOS(=O)(=O)C(C)(C)C. The average molecular weight is 222 g/mol. The van der Waals surface area contributed by atoms with Crippen molar-refractivity contribution in [2.24, 2.45) is 0 Å². The van der Waals surface area contributed by atoms with E-state index in [1.165, 1.54) is 0 Å². The van der Waals surface area contributed by atoms with Gasteiger partial charge in [-0.25, -0.2) is 0 Å². The van der Waals surface area contributed by atoms with Gasteiger partial charge < -0.3 is 0 Å². The van der Waals surface area contributed by atoms with E-state index in [4.69, 9.17) is 4.18 Å². The Bertz CT molecular complexity index is 237. The molecule has 0 saturated heterocycles. The van der Waals surface area contributed by atoms with E-state index in [9.17, 15) is 8.42 Å². The highest BCUT2D eigenvalue weighted by Crippen LogP contribution is 2.17. The summed E-state index contributed by atoms with van der Waals surface area (Å²) in [6, 6.07) is 0. The largest absolute Gasteiger partial charge is 0.272 e. The fourth-order valence-corrected chi connectivity index (χ4v) is 1.57. The second-order valence-corrected chi connectivity index (χ2v) is 6.82. The predicted molar refractivity (Wildman–Crippen MR) is 58.8 cm³/mol. The zero-order chi connectivity index (χ0) is 11.2. The predicted octanol–water partition coefficient (Wildman–Crippen LogP) is 2.71. The van der Waals surface area contributed by atoms with Crippen LogP contribution < -0.4 is 0 Å². The van der Waals surface area contributed by atoms with Crippen molar-refractivity contribution in [1.29, 1.82) is 0 Å². The van der Waals surface area contributed by atoms with Crippen molar-refractivity contribution in [2.45, 2.75) is 58.1 Å². The van der Waals surface area contributed by atoms with Crippen LogP contribution in [0.2, 0.25) is 0 Å². The van der Waals surface area contributed by atoms with Gasteiger partial charge in [0.25, 0.3) is 10.1 Å². The average Bonchev–Trinajstić information content (AvgIpc) is 2.02. The summed E-state index contributed by atoms with van der Waals surface area (Å²) >= 11 is 0. The van der Waals surface area contributed by atoms with Gasteiger partial charge in [-0.1, -0.05) is 26.2 Å². The molecule has 0 N–H and O–H groups in total. The molecule has 0 aliphatic heterocycles. The topological polar surface area (TPSA) is 43.4 Å². The Kier molecular flexibility index (Phi) is 5.67. The van der Waals surface area contributed by atoms with Gasteiger partial charge in [-0.05, 0) is 27.2 Å². The summed E-state index contributed by atoms with van der Waals surface area (Å²) in [6.07, 6.45) is 4.14. The molecule has 0 heterocycles. The molecule has 0 aromatic carbocycles. The molecule has 0 radical (unpaired) electrons. The maximum atomic E-state index is 11.5. The van der Waals surface area contributed by atoms with Gasteiger partial charge in [0.05, 0.1) is 11.4 Å². The first-order valence-corrected chi connectivity index (χ1v) is 6.61. The van der Waals surface area contributed by atoms with Crippen molar-refractivity contribution in [3.63, 3.8) is 0 Å². The Labute approximate surface area is 88.0 Å². The number of hydrogen-bond donors (Lipinski definition) is 0. The minimum Gasteiger partial charge on any atom is -0.270 e. The van der Waals surface area contributed by atoms with Crippen molar-refractivity contribution >= 4 is 10.1 Å². The van der Waals surface area contributed by atoms with Crippen molar-refractivity contribution in [3.05, 3.63) is 0 Å². The molecule has 0 bridgehead atoms. The summed E-state index contributed by atoms with van der Waals surface area (Å²) in [7, 11) is -3.38. The van der Waals surface area contributed by atoms with Crippen LogP contribution in [0, 0.1) is 0 Å². The van der Waals surface area contributed by atoms with Crippen LogP contribution in [0.4, 0.5) is 0 Å². The highest BCUT2D eigenvalue weighted by atomic mass is 32.2. The lowest BCUT2D eigenvalue weighted by Gasteiger charge is -2.18. The first kappa shape index (κ1) is 13.9. The quantitative estimate of drug-likeness (QED) is 0.512.